The highest BCUT2D eigenvalue weighted by atomic mass is 35.5. The van der Waals surface area contributed by atoms with E-state index in [9.17, 15) is 13.2 Å². The number of sulfonamides is 1. The van der Waals surface area contributed by atoms with Crippen LogP contribution in [0, 0.1) is 6.92 Å². The van der Waals surface area contributed by atoms with E-state index in [2.05, 4.69) is 4.72 Å². The smallest absolute Gasteiger partial charge is 0.261 e. The molecule has 0 unspecified atom stereocenters. The van der Waals surface area contributed by atoms with Gasteiger partial charge < -0.3 is 0 Å². The van der Waals surface area contributed by atoms with Crippen molar-refractivity contribution in [2.75, 3.05) is 4.72 Å². The molecule has 122 valence electrons. The zero-order chi connectivity index (χ0) is 17.3. The molecule has 0 heterocycles. The molecule has 0 aromatic heterocycles. The van der Waals surface area contributed by atoms with Gasteiger partial charge in [-0.25, -0.2) is 8.42 Å². The van der Waals surface area contributed by atoms with Gasteiger partial charge in [-0.3, -0.25) is 9.52 Å². The number of carbonyl (C=O) groups is 1. The van der Waals surface area contributed by atoms with Crippen LogP contribution in [0.5, 0.6) is 0 Å². The molecule has 1 N–H and O–H groups in total. The molecule has 0 saturated heterocycles. The first-order chi connectivity index (χ1) is 11.4. The number of hydrogen-bond acceptors (Lipinski definition) is 3. The van der Waals surface area contributed by atoms with Crippen LogP contribution in [0.2, 0.25) is 0 Å². The summed E-state index contributed by atoms with van der Waals surface area (Å²) in [6.45, 7) is 1.87. The lowest BCUT2D eigenvalue weighted by Gasteiger charge is -2.13. The van der Waals surface area contributed by atoms with Crippen molar-refractivity contribution < 1.29 is 13.2 Å². The molecule has 0 fully saturated rings. The van der Waals surface area contributed by atoms with E-state index in [1.54, 1.807) is 36.4 Å². The zero-order valence-corrected chi connectivity index (χ0v) is 14.4. The Morgan fingerprint density at radius 3 is 2.29 bits per heavy atom. The Kier molecular flexibility index (Phi) is 4.30. The van der Waals surface area contributed by atoms with Gasteiger partial charge in [0.15, 0.2) is 0 Å². The van der Waals surface area contributed by atoms with Crippen LogP contribution in [-0.2, 0) is 10.0 Å². The molecule has 0 amide bonds. The number of nitrogens with one attached hydrogen (secondary N) is 1. The van der Waals surface area contributed by atoms with E-state index in [4.69, 9.17) is 11.6 Å². The number of halogens is 1. The van der Waals surface area contributed by atoms with Gasteiger partial charge in [-0.15, -0.1) is 0 Å². The van der Waals surface area contributed by atoms with E-state index in [1.165, 1.54) is 12.1 Å². The second kappa shape index (κ2) is 6.26. The monoisotopic (exact) mass is 359 g/mol. The maximum absolute atomic E-state index is 12.6. The Morgan fingerprint density at radius 1 is 0.958 bits per heavy atom. The average molecular weight is 360 g/mol. The minimum absolute atomic E-state index is 0.120. The largest absolute Gasteiger partial charge is 0.279 e. The molecule has 0 saturated carbocycles. The van der Waals surface area contributed by atoms with Gasteiger partial charge in [-0.2, -0.15) is 0 Å². The normalized spacial score (nSPS) is 11.4. The van der Waals surface area contributed by atoms with Crippen LogP contribution >= 0.6 is 11.6 Å². The maximum atomic E-state index is 12.6. The first-order valence-corrected chi connectivity index (χ1v) is 9.06. The van der Waals surface area contributed by atoms with Gasteiger partial charge in [0.05, 0.1) is 16.1 Å². The first-order valence-electron chi connectivity index (χ1n) is 7.19. The molecule has 0 aliphatic heterocycles. The summed E-state index contributed by atoms with van der Waals surface area (Å²) in [5, 5.41) is 0.690. The third-order valence-electron chi connectivity index (χ3n) is 3.70. The molecule has 3 aromatic carbocycles. The Morgan fingerprint density at radius 2 is 1.62 bits per heavy atom. The Hall–Kier alpha value is -2.37. The number of benzene rings is 3. The molecule has 0 aliphatic rings. The van der Waals surface area contributed by atoms with Crippen LogP contribution in [0.25, 0.3) is 10.8 Å². The summed E-state index contributed by atoms with van der Waals surface area (Å²) in [6.07, 6.45) is 0. The van der Waals surface area contributed by atoms with E-state index in [1.807, 2.05) is 19.1 Å². The molecule has 0 radical (unpaired) electrons. The van der Waals surface area contributed by atoms with Crippen LogP contribution in [-0.4, -0.2) is 13.7 Å². The van der Waals surface area contributed by atoms with Crippen molar-refractivity contribution >= 4 is 43.3 Å². The fourth-order valence-electron chi connectivity index (χ4n) is 2.49. The van der Waals surface area contributed by atoms with E-state index in [0.717, 1.165) is 10.9 Å². The van der Waals surface area contributed by atoms with Crippen LogP contribution in [0.1, 0.15) is 15.9 Å². The molecular formula is C18H14ClNO3S. The molecule has 3 aromatic rings. The summed E-state index contributed by atoms with van der Waals surface area (Å²) in [4.78, 5) is 12.0. The van der Waals surface area contributed by atoms with Crippen molar-refractivity contribution in [3.63, 3.8) is 0 Å². The highest BCUT2D eigenvalue weighted by molar-refractivity contribution is 7.92. The third kappa shape index (κ3) is 3.13. The molecule has 0 bridgehead atoms. The highest BCUT2D eigenvalue weighted by Crippen LogP contribution is 2.29. The van der Waals surface area contributed by atoms with Crippen molar-refractivity contribution in [1.29, 1.82) is 0 Å². The van der Waals surface area contributed by atoms with Crippen molar-refractivity contribution in [2.24, 2.45) is 0 Å². The standard InChI is InChI=1S/C18H14ClNO3S/c1-12-6-9-14(10-7-12)24(22,23)20-16-11-8-13-4-2-3-5-15(13)17(16)18(19)21/h2-11,20H,1H3. The molecule has 0 spiro atoms. The molecule has 4 nitrogen and oxygen atoms in total. The van der Waals surface area contributed by atoms with E-state index in [-0.39, 0.29) is 16.1 Å². The summed E-state index contributed by atoms with van der Waals surface area (Å²) in [6, 6.07) is 16.9. The zero-order valence-electron chi connectivity index (χ0n) is 12.8. The van der Waals surface area contributed by atoms with Crippen LogP contribution < -0.4 is 4.72 Å². The third-order valence-corrected chi connectivity index (χ3v) is 5.27. The highest BCUT2D eigenvalue weighted by Gasteiger charge is 2.19. The number of fused-ring (bicyclic) bond motifs is 1. The summed E-state index contributed by atoms with van der Waals surface area (Å²) >= 11 is 5.71. The molecule has 6 heteroatoms. The van der Waals surface area contributed by atoms with Gasteiger partial charge >= 0.3 is 0 Å². The van der Waals surface area contributed by atoms with Gasteiger partial charge in [0, 0.05) is 0 Å². The SMILES string of the molecule is Cc1ccc(S(=O)(=O)Nc2ccc3ccccc3c2C(=O)Cl)cc1. The van der Waals surface area contributed by atoms with Crippen molar-refractivity contribution in [3.8, 4) is 0 Å². The second-order valence-corrected chi connectivity index (χ2v) is 7.43. The maximum Gasteiger partial charge on any atom is 0.261 e. The summed E-state index contributed by atoms with van der Waals surface area (Å²) in [5.74, 6) is 0. The van der Waals surface area contributed by atoms with Crippen LogP contribution in [0.4, 0.5) is 5.69 Å². The lowest BCUT2D eigenvalue weighted by molar-refractivity contribution is 0.108. The Bertz CT molecular complexity index is 1030. The summed E-state index contributed by atoms with van der Waals surface area (Å²) < 4.78 is 27.6. The summed E-state index contributed by atoms with van der Waals surface area (Å²) in [7, 11) is -3.82. The minimum Gasteiger partial charge on any atom is -0.279 e. The predicted octanol–water partition coefficient (Wildman–Crippen LogP) is 4.33. The minimum atomic E-state index is -3.82. The van der Waals surface area contributed by atoms with Crippen molar-refractivity contribution in [3.05, 3.63) is 71.8 Å². The number of aryl methyl sites for hydroxylation is 1. The molecule has 0 atom stereocenters. The average Bonchev–Trinajstić information content (AvgIpc) is 2.54. The van der Waals surface area contributed by atoms with E-state index in [0.29, 0.717) is 5.39 Å². The quantitative estimate of drug-likeness (QED) is 0.705. The van der Waals surface area contributed by atoms with E-state index >= 15 is 0 Å². The molecule has 24 heavy (non-hydrogen) atoms. The van der Waals surface area contributed by atoms with Crippen molar-refractivity contribution in [1.82, 2.24) is 0 Å². The second-order valence-electron chi connectivity index (χ2n) is 5.40. The van der Waals surface area contributed by atoms with Gasteiger partial charge in [-0.1, -0.05) is 48.0 Å². The topological polar surface area (TPSA) is 63.2 Å². The fraction of sp³-hybridized carbons (Fsp3) is 0.0556. The number of anilines is 1. The van der Waals surface area contributed by atoms with Crippen LogP contribution in [0.3, 0.4) is 0 Å². The van der Waals surface area contributed by atoms with E-state index < -0.39 is 15.3 Å². The van der Waals surface area contributed by atoms with Gasteiger partial charge in [-0.05, 0) is 47.5 Å². The predicted molar refractivity (Wildman–Crippen MR) is 96.1 cm³/mol. The summed E-state index contributed by atoms with van der Waals surface area (Å²) in [5.41, 5.74) is 1.26. The van der Waals surface area contributed by atoms with Gasteiger partial charge in [0.2, 0.25) is 0 Å². The van der Waals surface area contributed by atoms with Crippen LogP contribution in [0.15, 0.2) is 65.6 Å². The van der Waals surface area contributed by atoms with Crippen molar-refractivity contribution in [2.45, 2.75) is 11.8 Å². The Labute approximate surface area is 145 Å². The Balaban J connectivity index is 2.11. The molecule has 0 aliphatic carbocycles. The first kappa shape index (κ1) is 16.5. The molecule has 3 rings (SSSR count). The van der Waals surface area contributed by atoms with Gasteiger partial charge in [0.25, 0.3) is 15.3 Å². The lowest BCUT2D eigenvalue weighted by Crippen LogP contribution is -2.15. The van der Waals surface area contributed by atoms with Gasteiger partial charge in [0.1, 0.15) is 0 Å². The fourth-order valence-corrected chi connectivity index (χ4v) is 3.76. The lowest BCUT2D eigenvalue weighted by atomic mass is 10.0. The molecular weight excluding hydrogens is 346 g/mol. The number of carbonyl (C=O) groups excluding carboxylic acids is 1. The number of hydrogen-bond donors (Lipinski definition) is 1. The number of rotatable bonds is 4.